The molecular weight excluding hydrogens is 407 g/mol. The van der Waals surface area contributed by atoms with E-state index in [0.717, 1.165) is 11.8 Å². The molecule has 0 bridgehead atoms. The SMILES string of the molecule is Cc1cccc(N2C(=O)c3oc4ccc(F)cc4c(=O)c3C2c2ccc(Cl)cc2)n1. The van der Waals surface area contributed by atoms with Gasteiger partial charge >= 0.3 is 0 Å². The Labute approximate surface area is 175 Å². The monoisotopic (exact) mass is 420 g/mol. The number of hydrogen-bond donors (Lipinski definition) is 0. The fourth-order valence-corrected chi connectivity index (χ4v) is 3.93. The number of fused-ring (bicyclic) bond motifs is 2. The summed E-state index contributed by atoms with van der Waals surface area (Å²) in [6.45, 7) is 1.81. The van der Waals surface area contributed by atoms with Crippen molar-refractivity contribution in [3.05, 3.63) is 104 Å². The molecule has 0 N–H and O–H groups in total. The van der Waals surface area contributed by atoms with Crippen molar-refractivity contribution in [1.82, 2.24) is 4.98 Å². The van der Waals surface area contributed by atoms with Crippen molar-refractivity contribution in [3.8, 4) is 0 Å². The second-order valence-corrected chi connectivity index (χ2v) is 7.52. The van der Waals surface area contributed by atoms with E-state index in [0.29, 0.717) is 16.4 Å². The Hall–Kier alpha value is -3.51. The van der Waals surface area contributed by atoms with Crippen molar-refractivity contribution in [1.29, 1.82) is 0 Å². The van der Waals surface area contributed by atoms with Crippen molar-refractivity contribution in [3.63, 3.8) is 0 Å². The lowest BCUT2D eigenvalue weighted by atomic mass is 9.98. The fraction of sp³-hybridized carbons (Fsp3) is 0.0870. The molecule has 1 amide bonds. The molecule has 3 heterocycles. The highest BCUT2D eigenvalue weighted by Crippen LogP contribution is 2.40. The third kappa shape index (κ3) is 2.80. The van der Waals surface area contributed by atoms with Crippen molar-refractivity contribution < 1.29 is 13.6 Å². The van der Waals surface area contributed by atoms with Crippen LogP contribution in [-0.4, -0.2) is 10.9 Å². The number of anilines is 1. The Morgan fingerprint density at radius 1 is 1.07 bits per heavy atom. The summed E-state index contributed by atoms with van der Waals surface area (Å²) in [7, 11) is 0. The van der Waals surface area contributed by atoms with Gasteiger partial charge in [0.15, 0.2) is 5.43 Å². The predicted octanol–water partition coefficient (Wildman–Crippen LogP) is 5.04. The second-order valence-electron chi connectivity index (χ2n) is 7.08. The lowest BCUT2D eigenvalue weighted by molar-refractivity contribution is 0.0970. The first-order chi connectivity index (χ1) is 14.4. The predicted molar refractivity (Wildman–Crippen MR) is 112 cm³/mol. The van der Waals surface area contributed by atoms with Crippen LogP contribution in [0.4, 0.5) is 10.2 Å². The molecule has 148 valence electrons. The molecule has 1 aliphatic rings. The normalized spacial score (nSPS) is 15.6. The van der Waals surface area contributed by atoms with Crippen LogP contribution in [0.2, 0.25) is 5.02 Å². The molecule has 0 saturated carbocycles. The van der Waals surface area contributed by atoms with E-state index in [2.05, 4.69) is 4.98 Å². The maximum Gasteiger partial charge on any atom is 0.296 e. The van der Waals surface area contributed by atoms with E-state index in [1.807, 2.05) is 13.0 Å². The van der Waals surface area contributed by atoms with Gasteiger partial charge in [0.25, 0.3) is 5.91 Å². The first-order valence-corrected chi connectivity index (χ1v) is 9.61. The largest absolute Gasteiger partial charge is 0.450 e. The quantitative estimate of drug-likeness (QED) is 0.456. The number of halogens is 2. The maximum atomic E-state index is 13.8. The highest BCUT2D eigenvalue weighted by atomic mass is 35.5. The lowest BCUT2D eigenvalue weighted by Gasteiger charge is -2.24. The second kappa shape index (κ2) is 6.78. The molecule has 0 saturated heterocycles. The summed E-state index contributed by atoms with van der Waals surface area (Å²) in [6, 6.07) is 15.0. The van der Waals surface area contributed by atoms with Crippen LogP contribution in [0.3, 0.4) is 0 Å². The highest BCUT2D eigenvalue weighted by Gasteiger charge is 2.44. The van der Waals surface area contributed by atoms with E-state index >= 15 is 0 Å². The Kier molecular flexibility index (Phi) is 4.18. The third-order valence-electron chi connectivity index (χ3n) is 5.14. The van der Waals surface area contributed by atoms with E-state index < -0.39 is 23.2 Å². The average molecular weight is 421 g/mol. The first kappa shape index (κ1) is 18.5. The van der Waals surface area contributed by atoms with Gasteiger partial charge in [-0.15, -0.1) is 0 Å². The summed E-state index contributed by atoms with van der Waals surface area (Å²) in [5, 5.41) is 0.607. The van der Waals surface area contributed by atoms with Crippen LogP contribution >= 0.6 is 11.6 Å². The molecular formula is C23H14ClFN2O3. The average Bonchev–Trinajstić information content (AvgIpc) is 3.02. The number of nitrogens with zero attached hydrogens (tertiary/aromatic N) is 2. The topological polar surface area (TPSA) is 63.4 Å². The number of aromatic nitrogens is 1. The molecule has 5 nitrogen and oxygen atoms in total. The van der Waals surface area contributed by atoms with Gasteiger partial charge < -0.3 is 4.42 Å². The summed E-state index contributed by atoms with van der Waals surface area (Å²) < 4.78 is 19.6. The molecule has 5 rings (SSSR count). The molecule has 30 heavy (non-hydrogen) atoms. The number of rotatable bonds is 2. The van der Waals surface area contributed by atoms with E-state index in [4.69, 9.17) is 16.0 Å². The van der Waals surface area contributed by atoms with Gasteiger partial charge in [0, 0.05) is 10.7 Å². The zero-order valence-electron chi connectivity index (χ0n) is 15.7. The summed E-state index contributed by atoms with van der Waals surface area (Å²) in [4.78, 5) is 32.6. The number of hydrogen-bond acceptors (Lipinski definition) is 4. The van der Waals surface area contributed by atoms with Crippen LogP contribution in [0.1, 0.15) is 33.4 Å². The highest BCUT2D eigenvalue weighted by molar-refractivity contribution is 6.30. The Bertz CT molecular complexity index is 1380. The molecule has 1 atom stereocenters. The van der Waals surface area contributed by atoms with E-state index in [1.54, 1.807) is 36.4 Å². The van der Waals surface area contributed by atoms with Crippen molar-refractivity contribution >= 4 is 34.3 Å². The number of pyridine rings is 1. The zero-order chi connectivity index (χ0) is 21.0. The van der Waals surface area contributed by atoms with Crippen LogP contribution in [0.5, 0.6) is 0 Å². The zero-order valence-corrected chi connectivity index (χ0v) is 16.5. The van der Waals surface area contributed by atoms with E-state index in [1.165, 1.54) is 17.0 Å². The minimum absolute atomic E-state index is 0.0673. The first-order valence-electron chi connectivity index (χ1n) is 9.23. The molecule has 0 radical (unpaired) electrons. The van der Waals surface area contributed by atoms with Crippen LogP contribution in [0.15, 0.2) is 69.9 Å². The fourth-order valence-electron chi connectivity index (χ4n) is 3.80. The van der Waals surface area contributed by atoms with Crippen LogP contribution in [0.25, 0.3) is 11.0 Å². The number of amides is 1. The summed E-state index contributed by atoms with van der Waals surface area (Å²) in [6.07, 6.45) is 0. The summed E-state index contributed by atoms with van der Waals surface area (Å²) in [5.41, 5.74) is 1.25. The molecule has 1 aliphatic heterocycles. The number of aryl methyl sites for hydroxylation is 1. The molecule has 0 spiro atoms. The molecule has 7 heteroatoms. The maximum absolute atomic E-state index is 13.8. The van der Waals surface area contributed by atoms with Gasteiger partial charge in [-0.3, -0.25) is 14.5 Å². The molecule has 2 aromatic carbocycles. The van der Waals surface area contributed by atoms with Crippen LogP contribution in [0, 0.1) is 12.7 Å². The van der Waals surface area contributed by atoms with Crippen LogP contribution in [-0.2, 0) is 0 Å². The summed E-state index contributed by atoms with van der Waals surface area (Å²) >= 11 is 6.03. The van der Waals surface area contributed by atoms with Gasteiger partial charge in [0.05, 0.1) is 17.0 Å². The smallest absolute Gasteiger partial charge is 0.296 e. The Balaban J connectivity index is 1.83. The molecule has 4 aromatic rings. The van der Waals surface area contributed by atoms with Gasteiger partial charge in [-0.2, -0.15) is 0 Å². The molecule has 0 fully saturated rings. The number of carbonyl (C=O) groups is 1. The Morgan fingerprint density at radius 3 is 2.57 bits per heavy atom. The van der Waals surface area contributed by atoms with Gasteiger partial charge in [-0.1, -0.05) is 29.8 Å². The van der Waals surface area contributed by atoms with Crippen molar-refractivity contribution in [2.45, 2.75) is 13.0 Å². The standard InChI is InChI=1S/C23H14ClFN2O3/c1-12-3-2-4-18(26-12)27-20(13-5-7-14(24)8-6-13)19-21(28)16-11-15(25)9-10-17(16)30-22(19)23(27)29/h2-11,20H,1H3. The van der Waals surface area contributed by atoms with Gasteiger partial charge in [0.2, 0.25) is 5.76 Å². The van der Waals surface area contributed by atoms with Gasteiger partial charge in [-0.05, 0) is 55.0 Å². The van der Waals surface area contributed by atoms with Gasteiger partial charge in [-0.25, -0.2) is 9.37 Å². The molecule has 1 unspecified atom stereocenters. The van der Waals surface area contributed by atoms with Crippen LogP contribution < -0.4 is 10.3 Å². The molecule has 0 aliphatic carbocycles. The van der Waals surface area contributed by atoms with Crippen molar-refractivity contribution in [2.75, 3.05) is 4.90 Å². The van der Waals surface area contributed by atoms with Gasteiger partial charge in [0.1, 0.15) is 17.2 Å². The minimum Gasteiger partial charge on any atom is -0.450 e. The summed E-state index contributed by atoms with van der Waals surface area (Å²) in [5.74, 6) is -0.714. The number of benzene rings is 2. The Morgan fingerprint density at radius 2 is 1.83 bits per heavy atom. The van der Waals surface area contributed by atoms with Crippen molar-refractivity contribution in [2.24, 2.45) is 0 Å². The third-order valence-corrected chi connectivity index (χ3v) is 5.39. The van der Waals surface area contributed by atoms with E-state index in [-0.39, 0.29) is 22.3 Å². The van der Waals surface area contributed by atoms with E-state index in [9.17, 15) is 14.0 Å². The minimum atomic E-state index is -0.775. The number of carbonyl (C=O) groups excluding carboxylic acids is 1. The molecule has 2 aromatic heterocycles. The lowest BCUT2D eigenvalue weighted by Crippen LogP contribution is -2.30.